The molecule has 0 aliphatic carbocycles. The van der Waals surface area contributed by atoms with Crippen LogP contribution in [0.3, 0.4) is 0 Å². The second-order valence-electron chi connectivity index (χ2n) is 5.65. The van der Waals surface area contributed by atoms with Gasteiger partial charge in [-0.15, -0.1) is 11.3 Å². The first-order valence-corrected chi connectivity index (χ1v) is 9.84. The predicted octanol–water partition coefficient (Wildman–Crippen LogP) is 3.12. The number of halogens is 1. The number of carbonyl (C=O) groups is 2. The molecule has 0 saturated carbocycles. The molecule has 6 nitrogen and oxygen atoms in total. The average molecular weight is 405 g/mol. The fourth-order valence-electron chi connectivity index (χ4n) is 2.30. The van der Waals surface area contributed by atoms with Crippen LogP contribution >= 0.6 is 23.1 Å². The molecule has 1 amide bonds. The summed E-state index contributed by atoms with van der Waals surface area (Å²) in [6, 6.07) is 7.91. The molecule has 3 aromatic rings. The third-order valence-corrected chi connectivity index (χ3v) is 5.44. The van der Waals surface area contributed by atoms with Crippen LogP contribution in [0.25, 0.3) is 10.2 Å². The molecule has 0 atom stereocenters. The molecule has 140 valence electrons. The summed E-state index contributed by atoms with van der Waals surface area (Å²) in [6.45, 7) is -0.122. The number of thiophene rings is 1. The number of thioether (sulfide) groups is 1. The fraction of sp³-hybridized carbons (Fsp3) is 0.222. The molecule has 0 unspecified atom stereocenters. The lowest BCUT2D eigenvalue weighted by Gasteiger charge is -2.17. The van der Waals surface area contributed by atoms with Gasteiger partial charge in [0.25, 0.3) is 5.91 Å². The van der Waals surface area contributed by atoms with Gasteiger partial charge in [-0.1, -0.05) is 23.9 Å². The molecule has 0 N–H and O–H groups in total. The normalized spacial score (nSPS) is 10.7. The highest BCUT2D eigenvalue weighted by atomic mass is 32.2. The Morgan fingerprint density at radius 1 is 1.30 bits per heavy atom. The highest BCUT2D eigenvalue weighted by molar-refractivity contribution is 8.00. The molecule has 0 fully saturated rings. The molecule has 3 rings (SSSR count). The summed E-state index contributed by atoms with van der Waals surface area (Å²) in [4.78, 5) is 34.6. The summed E-state index contributed by atoms with van der Waals surface area (Å²) in [5.41, 5.74) is 0.663. The van der Waals surface area contributed by atoms with Crippen LogP contribution < -0.4 is 0 Å². The average Bonchev–Trinajstić information content (AvgIpc) is 3.13. The summed E-state index contributed by atoms with van der Waals surface area (Å²) >= 11 is 2.74. The summed E-state index contributed by atoms with van der Waals surface area (Å²) < 4.78 is 18.2. The van der Waals surface area contributed by atoms with Gasteiger partial charge in [0.05, 0.1) is 5.75 Å². The van der Waals surface area contributed by atoms with Crippen molar-refractivity contribution in [2.45, 2.75) is 11.6 Å². The van der Waals surface area contributed by atoms with Crippen molar-refractivity contribution >= 4 is 45.2 Å². The zero-order valence-corrected chi connectivity index (χ0v) is 16.1. The monoisotopic (exact) mass is 405 g/mol. The van der Waals surface area contributed by atoms with E-state index < -0.39 is 5.97 Å². The van der Waals surface area contributed by atoms with E-state index in [-0.39, 0.29) is 30.6 Å². The fourth-order valence-corrected chi connectivity index (χ4v) is 3.88. The lowest BCUT2D eigenvalue weighted by Crippen LogP contribution is -2.31. The number of nitrogens with zero attached hydrogens (tertiary/aromatic N) is 3. The SMILES string of the molecule is CN(Cc1cccc(F)c1)C(=O)COC(=O)CSc1ncnc2sccc12. The summed E-state index contributed by atoms with van der Waals surface area (Å²) in [5.74, 6) is -1.18. The maximum Gasteiger partial charge on any atom is 0.316 e. The van der Waals surface area contributed by atoms with Gasteiger partial charge < -0.3 is 9.64 Å². The van der Waals surface area contributed by atoms with Gasteiger partial charge >= 0.3 is 5.97 Å². The van der Waals surface area contributed by atoms with Crippen molar-refractivity contribution in [1.82, 2.24) is 14.9 Å². The van der Waals surface area contributed by atoms with E-state index in [9.17, 15) is 14.0 Å². The van der Waals surface area contributed by atoms with Crippen LogP contribution in [-0.2, 0) is 20.9 Å². The van der Waals surface area contributed by atoms with Crippen molar-refractivity contribution < 1.29 is 18.7 Å². The Kier molecular flexibility index (Phi) is 6.36. The first kappa shape index (κ1) is 19.2. The Balaban J connectivity index is 1.45. The summed E-state index contributed by atoms with van der Waals surface area (Å²) in [5, 5.41) is 3.51. The minimum Gasteiger partial charge on any atom is -0.455 e. The molecule has 0 bridgehead atoms. The molecule has 0 radical (unpaired) electrons. The number of esters is 1. The number of fused-ring (bicyclic) bond motifs is 1. The quantitative estimate of drug-likeness (QED) is 0.342. The van der Waals surface area contributed by atoms with Crippen LogP contribution in [0.5, 0.6) is 0 Å². The van der Waals surface area contributed by atoms with E-state index in [4.69, 9.17) is 4.74 Å². The molecule has 2 aromatic heterocycles. The lowest BCUT2D eigenvalue weighted by molar-refractivity contribution is -0.149. The number of carbonyl (C=O) groups excluding carboxylic acids is 2. The molecule has 0 aliphatic rings. The Labute approximate surface area is 163 Å². The van der Waals surface area contributed by atoms with Gasteiger partial charge in [-0.2, -0.15) is 0 Å². The maximum atomic E-state index is 13.2. The molecule has 2 heterocycles. The Morgan fingerprint density at radius 2 is 2.15 bits per heavy atom. The van der Waals surface area contributed by atoms with E-state index in [1.165, 1.54) is 46.5 Å². The molecule has 0 spiro atoms. The largest absolute Gasteiger partial charge is 0.455 e. The van der Waals surface area contributed by atoms with Gasteiger partial charge in [0, 0.05) is 19.0 Å². The van der Waals surface area contributed by atoms with Gasteiger partial charge in [-0.05, 0) is 29.1 Å². The van der Waals surface area contributed by atoms with Crippen molar-refractivity contribution in [2.24, 2.45) is 0 Å². The van der Waals surface area contributed by atoms with E-state index in [0.717, 1.165) is 10.2 Å². The van der Waals surface area contributed by atoms with Gasteiger partial charge in [-0.3, -0.25) is 9.59 Å². The van der Waals surface area contributed by atoms with Crippen LogP contribution in [0.15, 0.2) is 47.1 Å². The molecule has 0 aliphatic heterocycles. The standard InChI is InChI=1S/C18H16FN3O3S2/c1-22(8-12-3-2-4-13(19)7-12)15(23)9-25-16(24)10-27-18-14-5-6-26-17(14)20-11-21-18/h2-7,11H,8-10H2,1H3. The topological polar surface area (TPSA) is 72.4 Å². The number of aromatic nitrogens is 2. The third-order valence-electron chi connectivity index (χ3n) is 3.64. The van der Waals surface area contributed by atoms with Gasteiger partial charge in [0.2, 0.25) is 0 Å². The summed E-state index contributed by atoms with van der Waals surface area (Å²) in [7, 11) is 1.57. The second kappa shape index (κ2) is 8.92. The smallest absolute Gasteiger partial charge is 0.316 e. The summed E-state index contributed by atoms with van der Waals surface area (Å²) in [6.07, 6.45) is 1.46. The highest BCUT2D eigenvalue weighted by Gasteiger charge is 2.14. The zero-order valence-electron chi connectivity index (χ0n) is 14.4. The van der Waals surface area contributed by atoms with Crippen molar-refractivity contribution in [3.05, 3.63) is 53.4 Å². The van der Waals surface area contributed by atoms with Gasteiger partial charge in [0.15, 0.2) is 6.61 Å². The predicted molar refractivity (Wildman–Crippen MR) is 102 cm³/mol. The minimum atomic E-state index is -0.505. The number of ether oxygens (including phenoxy) is 1. The van der Waals surface area contributed by atoms with E-state index in [2.05, 4.69) is 9.97 Å². The van der Waals surface area contributed by atoms with E-state index in [1.54, 1.807) is 19.2 Å². The van der Waals surface area contributed by atoms with Crippen LogP contribution in [0, 0.1) is 5.82 Å². The third kappa shape index (κ3) is 5.24. The van der Waals surface area contributed by atoms with Gasteiger partial charge in [-0.25, -0.2) is 14.4 Å². The number of rotatable bonds is 7. The molecule has 1 aromatic carbocycles. The molecular formula is C18H16FN3O3S2. The van der Waals surface area contributed by atoms with E-state index in [0.29, 0.717) is 10.6 Å². The van der Waals surface area contributed by atoms with Crippen LogP contribution in [0.2, 0.25) is 0 Å². The maximum absolute atomic E-state index is 13.2. The van der Waals surface area contributed by atoms with Crippen LogP contribution in [-0.4, -0.2) is 46.2 Å². The number of benzene rings is 1. The molecule has 9 heteroatoms. The first-order valence-electron chi connectivity index (χ1n) is 7.98. The Hall–Kier alpha value is -2.52. The van der Waals surface area contributed by atoms with Crippen molar-refractivity contribution in [1.29, 1.82) is 0 Å². The zero-order chi connectivity index (χ0) is 19.2. The van der Waals surface area contributed by atoms with E-state index >= 15 is 0 Å². The van der Waals surface area contributed by atoms with Crippen molar-refractivity contribution in [3.63, 3.8) is 0 Å². The van der Waals surface area contributed by atoms with Crippen LogP contribution in [0.4, 0.5) is 4.39 Å². The van der Waals surface area contributed by atoms with Crippen molar-refractivity contribution in [3.8, 4) is 0 Å². The number of likely N-dealkylation sites (N-methyl/N-ethyl adjacent to an activating group) is 1. The number of hydrogen-bond donors (Lipinski definition) is 0. The Bertz CT molecular complexity index is 964. The molecular weight excluding hydrogens is 389 g/mol. The van der Waals surface area contributed by atoms with Crippen molar-refractivity contribution in [2.75, 3.05) is 19.4 Å². The van der Waals surface area contributed by atoms with Gasteiger partial charge in [0.1, 0.15) is 22.0 Å². The Morgan fingerprint density at radius 3 is 2.96 bits per heavy atom. The molecule has 0 saturated heterocycles. The minimum absolute atomic E-state index is 0.0445. The second-order valence-corrected chi connectivity index (χ2v) is 7.51. The number of hydrogen-bond acceptors (Lipinski definition) is 7. The highest BCUT2D eigenvalue weighted by Crippen LogP contribution is 2.27. The number of amides is 1. The first-order chi connectivity index (χ1) is 13.0. The van der Waals surface area contributed by atoms with E-state index in [1.807, 2.05) is 11.4 Å². The van der Waals surface area contributed by atoms with Crippen LogP contribution in [0.1, 0.15) is 5.56 Å². The lowest BCUT2D eigenvalue weighted by atomic mass is 10.2. The molecule has 27 heavy (non-hydrogen) atoms.